The summed E-state index contributed by atoms with van der Waals surface area (Å²) in [5, 5.41) is 8.91. The van der Waals surface area contributed by atoms with E-state index in [1.807, 2.05) is 62.3 Å². The van der Waals surface area contributed by atoms with Crippen molar-refractivity contribution in [2.75, 3.05) is 19.7 Å². The molecule has 0 spiro atoms. The zero-order valence-electron chi connectivity index (χ0n) is 18.7. The summed E-state index contributed by atoms with van der Waals surface area (Å²) < 4.78 is 11.2. The molecule has 0 aliphatic carbocycles. The second-order valence-electron chi connectivity index (χ2n) is 9.19. The lowest BCUT2D eigenvalue weighted by molar-refractivity contribution is -0.124. The fraction of sp³-hybridized carbons (Fsp3) is 0.900. The molecule has 0 fully saturated rings. The summed E-state index contributed by atoms with van der Waals surface area (Å²) in [6.07, 6.45) is 0.939. The van der Waals surface area contributed by atoms with Crippen LogP contribution in [0.1, 0.15) is 75.2 Å². The Hall–Kier alpha value is -1.34. The van der Waals surface area contributed by atoms with Crippen molar-refractivity contribution in [3.05, 3.63) is 0 Å². The van der Waals surface area contributed by atoms with E-state index in [2.05, 4.69) is 16.0 Å². The Balaban J connectivity index is 4.21. The third kappa shape index (κ3) is 13.5. The number of hydrogen-bond donors (Lipinski definition) is 3. The average molecular weight is 388 g/mol. The lowest BCUT2D eigenvalue weighted by Crippen LogP contribution is -2.51. The number of ether oxygens (including phenoxy) is 2. The summed E-state index contributed by atoms with van der Waals surface area (Å²) in [4.78, 5) is 23.8. The molecule has 7 nitrogen and oxygen atoms in total. The van der Waals surface area contributed by atoms with E-state index < -0.39 is 11.7 Å². The van der Waals surface area contributed by atoms with Crippen LogP contribution in [0.25, 0.3) is 0 Å². The van der Waals surface area contributed by atoms with Gasteiger partial charge in [-0.3, -0.25) is 4.79 Å². The van der Waals surface area contributed by atoms with Crippen molar-refractivity contribution in [3.63, 3.8) is 0 Å². The first kappa shape index (κ1) is 25.7. The summed E-state index contributed by atoms with van der Waals surface area (Å²) in [6.45, 7) is 19.0. The molecule has 3 N–H and O–H groups in total. The number of carbonyl (C=O) groups is 2. The number of alkyl carbamates (subject to hydrolysis) is 1. The van der Waals surface area contributed by atoms with Crippen LogP contribution in [-0.2, 0) is 14.3 Å². The van der Waals surface area contributed by atoms with Gasteiger partial charge < -0.3 is 25.4 Å². The predicted octanol–water partition coefficient (Wildman–Crippen LogP) is 2.98. The summed E-state index contributed by atoms with van der Waals surface area (Å²) in [5.41, 5.74) is -1.24. The molecular formula is C20H41N3O4. The second kappa shape index (κ2) is 10.9. The Morgan fingerprint density at radius 1 is 1.00 bits per heavy atom. The molecule has 1 atom stereocenters. The average Bonchev–Trinajstić information content (AvgIpc) is 2.44. The van der Waals surface area contributed by atoms with E-state index in [1.165, 1.54) is 0 Å². The molecule has 0 aliphatic heterocycles. The Kier molecular flexibility index (Phi) is 10.3. The highest BCUT2D eigenvalue weighted by molar-refractivity contribution is 5.81. The van der Waals surface area contributed by atoms with Crippen molar-refractivity contribution in [2.45, 2.75) is 97.9 Å². The van der Waals surface area contributed by atoms with Crippen LogP contribution in [-0.4, -0.2) is 54.5 Å². The van der Waals surface area contributed by atoms with Crippen LogP contribution in [0.4, 0.5) is 4.79 Å². The van der Waals surface area contributed by atoms with Gasteiger partial charge in [0.2, 0.25) is 5.91 Å². The van der Waals surface area contributed by atoms with Crippen LogP contribution < -0.4 is 16.0 Å². The van der Waals surface area contributed by atoms with E-state index in [-0.39, 0.29) is 23.1 Å². The van der Waals surface area contributed by atoms with Crippen LogP contribution in [0.5, 0.6) is 0 Å². The maximum absolute atomic E-state index is 12.1. The Bertz CT molecular complexity index is 470. The van der Waals surface area contributed by atoms with Crippen molar-refractivity contribution >= 4 is 12.0 Å². The standard InChI is InChI=1S/C20H41N3O4/c1-10-21-15(2)16(24)23-19(6,7)12-14-26-20(8,9)11-13-22-17(25)27-18(3,4)5/h15,21H,10-14H2,1-9H3,(H,22,25)(H,23,24). The highest BCUT2D eigenvalue weighted by Crippen LogP contribution is 2.17. The molecule has 0 rings (SSSR count). The van der Waals surface area contributed by atoms with E-state index in [0.29, 0.717) is 26.0 Å². The molecule has 1 unspecified atom stereocenters. The first-order valence-corrected chi connectivity index (χ1v) is 9.84. The van der Waals surface area contributed by atoms with Crippen molar-refractivity contribution in [1.29, 1.82) is 0 Å². The Morgan fingerprint density at radius 2 is 1.59 bits per heavy atom. The number of hydrogen-bond acceptors (Lipinski definition) is 5. The fourth-order valence-electron chi connectivity index (χ4n) is 2.34. The zero-order chi connectivity index (χ0) is 21.3. The highest BCUT2D eigenvalue weighted by Gasteiger charge is 2.25. The maximum Gasteiger partial charge on any atom is 0.407 e. The molecule has 0 aliphatic rings. The molecule has 0 saturated carbocycles. The van der Waals surface area contributed by atoms with Gasteiger partial charge in [0.25, 0.3) is 0 Å². The molecule has 2 amide bonds. The molecule has 7 heteroatoms. The van der Waals surface area contributed by atoms with Gasteiger partial charge in [0, 0.05) is 18.7 Å². The molecule has 27 heavy (non-hydrogen) atoms. The molecule has 0 radical (unpaired) electrons. The van der Waals surface area contributed by atoms with Crippen LogP contribution in [0.2, 0.25) is 0 Å². The summed E-state index contributed by atoms with van der Waals surface area (Å²) in [7, 11) is 0. The lowest BCUT2D eigenvalue weighted by Gasteiger charge is -2.31. The Labute approximate surface area is 165 Å². The minimum atomic E-state index is -0.504. The monoisotopic (exact) mass is 387 g/mol. The van der Waals surface area contributed by atoms with Gasteiger partial charge in [-0.05, 0) is 74.8 Å². The van der Waals surface area contributed by atoms with E-state index in [4.69, 9.17) is 9.47 Å². The van der Waals surface area contributed by atoms with Gasteiger partial charge in [0.1, 0.15) is 5.60 Å². The first-order valence-electron chi connectivity index (χ1n) is 9.84. The smallest absolute Gasteiger partial charge is 0.407 e. The third-order valence-electron chi connectivity index (χ3n) is 3.98. The number of rotatable bonds is 11. The van der Waals surface area contributed by atoms with Gasteiger partial charge in [-0.15, -0.1) is 0 Å². The van der Waals surface area contributed by atoms with Gasteiger partial charge in [0.05, 0.1) is 11.6 Å². The fourth-order valence-corrected chi connectivity index (χ4v) is 2.34. The normalized spacial score (nSPS) is 13.8. The number of amides is 2. The van der Waals surface area contributed by atoms with Crippen LogP contribution in [0.15, 0.2) is 0 Å². The maximum atomic E-state index is 12.1. The summed E-state index contributed by atoms with van der Waals surface area (Å²) >= 11 is 0. The van der Waals surface area contributed by atoms with Crippen LogP contribution >= 0.6 is 0 Å². The topological polar surface area (TPSA) is 88.7 Å². The van der Waals surface area contributed by atoms with E-state index >= 15 is 0 Å². The molecule has 160 valence electrons. The number of carbonyl (C=O) groups excluding carboxylic acids is 2. The second-order valence-corrected chi connectivity index (χ2v) is 9.19. The SMILES string of the molecule is CCNC(C)C(=O)NC(C)(C)CCOC(C)(C)CCNC(=O)OC(C)(C)C. The van der Waals surface area contributed by atoms with Crippen LogP contribution in [0.3, 0.4) is 0 Å². The van der Waals surface area contributed by atoms with E-state index in [1.54, 1.807) is 0 Å². The van der Waals surface area contributed by atoms with Crippen molar-refractivity contribution < 1.29 is 19.1 Å². The molecule has 0 bridgehead atoms. The van der Waals surface area contributed by atoms with Gasteiger partial charge in [-0.2, -0.15) is 0 Å². The van der Waals surface area contributed by atoms with Gasteiger partial charge in [-0.25, -0.2) is 4.79 Å². The van der Waals surface area contributed by atoms with Gasteiger partial charge in [-0.1, -0.05) is 6.92 Å². The highest BCUT2D eigenvalue weighted by atomic mass is 16.6. The largest absolute Gasteiger partial charge is 0.444 e. The molecule has 0 aromatic rings. The number of nitrogens with one attached hydrogen (secondary N) is 3. The predicted molar refractivity (Wildman–Crippen MR) is 109 cm³/mol. The molecule has 0 heterocycles. The lowest BCUT2D eigenvalue weighted by atomic mass is 10.00. The van der Waals surface area contributed by atoms with E-state index in [9.17, 15) is 9.59 Å². The van der Waals surface area contributed by atoms with Crippen molar-refractivity contribution in [3.8, 4) is 0 Å². The molecule has 0 saturated heterocycles. The molecule has 0 aromatic carbocycles. The van der Waals surface area contributed by atoms with E-state index in [0.717, 1.165) is 6.54 Å². The van der Waals surface area contributed by atoms with Crippen molar-refractivity contribution in [2.24, 2.45) is 0 Å². The minimum Gasteiger partial charge on any atom is -0.444 e. The van der Waals surface area contributed by atoms with Gasteiger partial charge >= 0.3 is 6.09 Å². The van der Waals surface area contributed by atoms with Gasteiger partial charge in [0.15, 0.2) is 0 Å². The third-order valence-corrected chi connectivity index (χ3v) is 3.98. The summed E-state index contributed by atoms with van der Waals surface area (Å²) in [6, 6.07) is -0.217. The minimum absolute atomic E-state index is 0.0114. The van der Waals surface area contributed by atoms with Crippen LogP contribution in [0, 0.1) is 0 Å². The zero-order valence-corrected chi connectivity index (χ0v) is 18.7. The molecule has 0 aromatic heterocycles. The number of likely N-dealkylation sites (N-methyl/N-ethyl adjacent to an activating group) is 1. The molecular weight excluding hydrogens is 346 g/mol. The first-order chi connectivity index (χ1) is 12.2. The quantitative estimate of drug-likeness (QED) is 0.507. The Morgan fingerprint density at radius 3 is 2.11 bits per heavy atom. The van der Waals surface area contributed by atoms with Crippen molar-refractivity contribution in [1.82, 2.24) is 16.0 Å². The summed E-state index contributed by atoms with van der Waals surface area (Å²) in [5.74, 6) is -0.0114.